The van der Waals surface area contributed by atoms with Gasteiger partial charge in [0.25, 0.3) is 5.17 Å². The van der Waals surface area contributed by atoms with E-state index in [-0.39, 0.29) is 17.9 Å². The number of nitriles is 1. The van der Waals surface area contributed by atoms with Crippen molar-refractivity contribution in [1.82, 2.24) is 9.55 Å². The molecule has 2 bridgehead atoms. The van der Waals surface area contributed by atoms with E-state index in [4.69, 9.17) is 17.0 Å². The van der Waals surface area contributed by atoms with Crippen molar-refractivity contribution in [3.05, 3.63) is 18.7 Å². The Bertz CT molecular complexity index is 575. The number of hydrogen-bond acceptors (Lipinski definition) is 4. The van der Waals surface area contributed by atoms with Gasteiger partial charge in [-0.05, 0) is 49.2 Å². The fourth-order valence-electron chi connectivity index (χ4n) is 4.31. The molecule has 21 heavy (non-hydrogen) atoms. The average molecular weight is 303 g/mol. The maximum Gasteiger partial charge on any atom is 0.269 e. The van der Waals surface area contributed by atoms with Gasteiger partial charge in [-0.3, -0.25) is 4.57 Å². The molecule has 0 saturated heterocycles. The quantitative estimate of drug-likeness (QED) is 0.787. The highest BCUT2D eigenvalue weighted by molar-refractivity contribution is 7.80. The van der Waals surface area contributed by atoms with E-state index in [1.165, 1.54) is 6.42 Å². The molecule has 5 unspecified atom stereocenters. The van der Waals surface area contributed by atoms with Gasteiger partial charge < -0.3 is 4.74 Å². The molecule has 0 aliphatic heterocycles. The molecule has 3 fully saturated rings. The molecule has 0 aromatic carbocycles. The van der Waals surface area contributed by atoms with Crippen molar-refractivity contribution < 1.29 is 4.74 Å². The highest BCUT2D eigenvalue weighted by Crippen LogP contribution is 2.63. The van der Waals surface area contributed by atoms with Crippen molar-refractivity contribution in [2.24, 2.45) is 29.1 Å². The van der Waals surface area contributed by atoms with Crippen LogP contribution in [0.4, 0.5) is 0 Å². The first-order valence-electron chi connectivity index (χ1n) is 7.53. The van der Waals surface area contributed by atoms with Crippen LogP contribution < -0.4 is 0 Å². The topological polar surface area (TPSA) is 50.8 Å². The molecule has 4 nitrogen and oxygen atoms in total. The SMILES string of the molecule is CC(OC(=S)n1ccnc1)C1C(C#N)CC2CC1C2(C)C. The van der Waals surface area contributed by atoms with E-state index < -0.39 is 0 Å². The first-order chi connectivity index (χ1) is 9.95. The standard InChI is InChI=1S/C16H21N3OS/c1-10(20-15(21)19-5-4-18-9-19)14-11(8-17)6-12-7-13(14)16(12,2)3/h4-5,9-14H,6-7H2,1-3H3. The van der Waals surface area contributed by atoms with Gasteiger partial charge in [-0.25, -0.2) is 4.98 Å². The highest BCUT2D eigenvalue weighted by atomic mass is 32.1. The van der Waals surface area contributed by atoms with Gasteiger partial charge in [0.1, 0.15) is 12.4 Å². The van der Waals surface area contributed by atoms with Gasteiger partial charge in [-0.1, -0.05) is 13.8 Å². The number of aromatic nitrogens is 2. The predicted octanol–water partition coefficient (Wildman–Crippen LogP) is 3.24. The minimum Gasteiger partial charge on any atom is -0.467 e. The Kier molecular flexibility index (Phi) is 3.53. The Morgan fingerprint density at radius 3 is 2.86 bits per heavy atom. The highest BCUT2D eigenvalue weighted by Gasteiger charge is 2.59. The molecule has 1 heterocycles. The first kappa shape index (κ1) is 14.5. The summed E-state index contributed by atoms with van der Waals surface area (Å²) in [6, 6.07) is 2.50. The van der Waals surface area contributed by atoms with Crippen molar-refractivity contribution >= 4 is 17.4 Å². The fraction of sp³-hybridized carbons (Fsp3) is 0.688. The number of hydrogen-bond donors (Lipinski definition) is 0. The molecule has 3 saturated carbocycles. The van der Waals surface area contributed by atoms with Gasteiger partial charge >= 0.3 is 0 Å². The van der Waals surface area contributed by atoms with Crippen LogP contribution in [-0.4, -0.2) is 20.8 Å². The van der Waals surface area contributed by atoms with Crippen molar-refractivity contribution in [2.75, 3.05) is 0 Å². The van der Waals surface area contributed by atoms with Crippen LogP contribution >= 0.6 is 12.2 Å². The third-order valence-corrected chi connectivity index (χ3v) is 6.03. The second-order valence-electron chi connectivity index (χ2n) is 6.97. The Labute approximate surface area is 131 Å². The number of ether oxygens (including phenoxy) is 1. The van der Waals surface area contributed by atoms with Crippen LogP contribution in [0.25, 0.3) is 0 Å². The van der Waals surface area contributed by atoms with E-state index in [0.29, 0.717) is 22.4 Å². The molecule has 112 valence electrons. The zero-order valence-electron chi connectivity index (χ0n) is 12.7. The number of imidazole rings is 1. The molecule has 0 N–H and O–H groups in total. The maximum absolute atomic E-state index is 9.48. The maximum atomic E-state index is 9.48. The molecule has 3 aliphatic carbocycles. The smallest absolute Gasteiger partial charge is 0.269 e. The van der Waals surface area contributed by atoms with Crippen LogP contribution in [0.1, 0.15) is 33.6 Å². The number of fused-ring (bicyclic) bond motifs is 2. The molecule has 5 heteroatoms. The Morgan fingerprint density at radius 2 is 2.29 bits per heavy atom. The van der Waals surface area contributed by atoms with E-state index in [0.717, 1.165) is 6.42 Å². The average Bonchev–Trinajstić information content (AvgIpc) is 3.00. The molecule has 0 amide bonds. The summed E-state index contributed by atoms with van der Waals surface area (Å²) in [5, 5.41) is 9.90. The molecule has 3 aliphatic rings. The van der Waals surface area contributed by atoms with Crippen molar-refractivity contribution in [2.45, 2.75) is 39.7 Å². The largest absolute Gasteiger partial charge is 0.467 e. The van der Waals surface area contributed by atoms with Gasteiger partial charge in [0.2, 0.25) is 0 Å². The van der Waals surface area contributed by atoms with E-state index in [1.54, 1.807) is 23.3 Å². The number of nitrogens with zero attached hydrogens (tertiary/aromatic N) is 3. The Hall–Kier alpha value is -1.41. The Balaban J connectivity index is 1.74. The minimum atomic E-state index is -0.0462. The van der Waals surface area contributed by atoms with Crippen LogP contribution in [0.5, 0.6) is 0 Å². The number of rotatable bonds is 2. The zero-order chi connectivity index (χ0) is 15.2. The van der Waals surface area contributed by atoms with Crippen LogP contribution in [0.2, 0.25) is 0 Å². The summed E-state index contributed by atoms with van der Waals surface area (Å²) in [5.41, 5.74) is 0.326. The minimum absolute atomic E-state index is 0.0462. The lowest BCUT2D eigenvalue weighted by Gasteiger charge is -2.62. The van der Waals surface area contributed by atoms with Gasteiger partial charge in [0, 0.05) is 18.3 Å². The normalized spacial score (nSPS) is 34.4. The zero-order valence-corrected chi connectivity index (χ0v) is 13.5. The summed E-state index contributed by atoms with van der Waals surface area (Å²) in [7, 11) is 0. The molecular weight excluding hydrogens is 282 g/mol. The number of thiocarbonyl (C=S) groups is 1. The lowest BCUT2D eigenvalue weighted by Crippen LogP contribution is -2.58. The van der Waals surface area contributed by atoms with Crippen LogP contribution in [0, 0.1) is 40.4 Å². The second kappa shape index (κ2) is 5.10. The molecule has 0 radical (unpaired) electrons. The summed E-state index contributed by atoms with van der Waals surface area (Å²) in [5.74, 6) is 1.59. The van der Waals surface area contributed by atoms with Gasteiger partial charge in [0.05, 0.1) is 12.0 Å². The second-order valence-corrected chi connectivity index (χ2v) is 7.32. The van der Waals surface area contributed by atoms with E-state index in [2.05, 4.69) is 24.9 Å². The van der Waals surface area contributed by atoms with E-state index >= 15 is 0 Å². The Morgan fingerprint density at radius 1 is 1.52 bits per heavy atom. The predicted molar refractivity (Wildman–Crippen MR) is 83.4 cm³/mol. The monoisotopic (exact) mass is 303 g/mol. The summed E-state index contributed by atoms with van der Waals surface area (Å²) >= 11 is 5.32. The van der Waals surface area contributed by atoms with Crippen molar-refractivity contribution in [3.63, 3.8) is 0 Å². The lowest BCUT2D eigenvalue weighted by atomic mass is 9.42. The van der Waals surface area contributed by atoms with Gasteiger partial charge in [0.15, 0.2) is 0 Å². The molecule has 1 aromatic heterocycles. The molecule has 1 aromatic rings. The third-order valence-electron chi connectivity index (χ3n) is 5.72. The van der Waals surface area contributed by atoms with Gasteiger partial charge in [-0.2, -0.15) is 5.26 Å². The van der Waals surface area contributed by atoms with Crippen molar-refractivity contribution in [1.29, 1.82) is 5.26 Å². The van der Waals surface area contributed by atoms with Crippen molar-refractivity contribution in [3.8, 4) is 6.07 Å². The summed E-state index contributed by atoms with van der Waals surface area (Å²) in [6.45, 7) is 6.70. The lowest BCUT2D eigenvalue weighted by molar-refractivity contribution is -0.148. The molecular formula is C16H21N3OS. The fourth-order valence-corrected chi connectivity index (χ4v) is 4.57. The van der Waals surface area contributed by atoms with E-state index in [9.17, 15) is 5.26 Å². The van der Waals surface area contributed by atoms with Crippen LogP contribution in [0.15, 0.2) is 18.7 Å². The molecule has 5 atom stereocenters. The summed E-state index contributed by atoms with van der Waals surface area (Å²) in [6.07, 6.45) is 7.27. The first-order valence-corrected chi connectivity index (χ1v) is 7.94. The molecule has 0 spiro atoms. The van der Waals surface area contributed by atoms with Crippen LogP contribution in [0.3, 0.4) is 0 Å². The van der Waals surface area contributed by atoms with Gasteiger partial charge in [-0.15, -0.1) is 0 Å². The molecule has 4 rings (SSSR count). The summed E-state index contributed by atoms with van der Waals surface area (Å²) < 4.78 is 7.66. The third kappa shape index (κ3) is 2.26. The summed E-state index contributed by atoms with van der Waals surface area (Å²) in [4.78, 5) is 3.98. The van der Waals surface area contributed by atoms with Crippen LogP contribution in [-0.2, 0) is 4.74 Å². The van der Waals surface area contributed by atoms with E-state index in [1.807, 2.05) is 6.92 Å².